The fraction of sp³-hybridized carbons (Fsp3) is 0.591. The zero-order chi connectivity index (χ0) is 20.3. The monoisotopic (exact) mass is 385 g/mol. The molecule has 3 rings (SSSR count). The third-order valence-electron chi connectivity index (χ3n) is 6.25. The topological polar surface area (TPSA) is 64.8 Å². The number of hydrogen-bond acceptors (Lipinski definition) is 5. The third kappa shape index (κ3) is 4.86. The molecule has 0 aromatic heterocycles. The highest BCUT2D eigenvalue weighted by Crippen LogP contribution is 2.51. The van der Waals surface area contributed by atoms with E-state index in [1.54, 1.807) is 6.08 Å². The van der Waals surface area contributed by atoms with E-state index in [1.165, 1.54) is 25.7 Å². The summed E-state index contributed by atoms with van der Waals surface area (Å²) in [5.41, 5.74) is 9.05. The number of anilines is 3. The quantitative estimate of drug-likeness (QED) is 0.582. The van der Waals surface area contributed by atoms with Crippen LogP contribution < -0.4 is 16.0 Å². The summed E-state index contributed by atoms with van der Waals surface area (Å²) in [6.07, 6.45) is 8.53. The molecular weight excluding hydrogens is 350 g/mol. The van der Waals surface area contributed by atoms with Crippen molar-refractivity contribution < 1.29 is 4.79 Å². The van der Waals surface area contributed by atoms with Crippen LogP contribution >= 0.6 is 0 Å². The van der Waals surface area contributed by atoms with Gasteiger partial charge in [-0.05, 0) is 77.5 Å². The summed E-state index contributed by atoms with van der Waals surface area (Å²) >= 11 is 0. The van der Waals surface area contributed by atoms with Gasteiger partial charge in [-0.2, -0.15) is 0 Å². The summed E-state index contributed by atoms with van der Waals surface area (Å²) in [6.45, 7) is 2.80. The minimum absolute atomic E-state index is 0.116. The number of hydrogen-bond donors (Lipinski definition) is 2. The molecule has 1 aromatic carbocycles. The minimum atomic E-state index is -0.116. The zero-order valence-electron chi connectivity index (χ0n) is 17.7. The Morgan fingerprint density at radius 2 is 1.93 bits per heavy atom. The Morgan fingerprint density at radius 1 is 1.25 bits per heavy atom. The molecule has 154 valence electrons. The molecule has 2 fully saturated rings. The molecule has 0 atom stereocenters. The van der Waals surface area contributed by atoms with Crippen LogP contribution in [0.3, 0.4) is 0 Å². The smallest absolute Gasteiger partial charge is 0.248 e. The van der Waals surface area contributed by atoms with Crippen molar-refractivity contribution in [3.8, 4) is 0 Å². The number of nitrogens with two attached hydrogens (primary N) is 1. The predicted octanol–water partition coefficient (Wildman–Crippen LogP) is 2.64. The largest absolute Gasteiger partial charge is 0.399 e. The van der Waals surface area contributed by atoms with E-state index >= 15 is 0 Å². The number of nitrogens with zero attached hydrogens (tertiary/aromatic N) is 3. The standard InChI is InChI=1S/C22H35N5O/c1-25(2)11-5-6-21(28)24-19-14-17(23)7-8-20(19)27-12-9-22(10-13-27)15-18(16-22)26(3)4/h5-8,14,18H,9-13,15-16,23H2,1-4H3,(H,24,28)/b6-5+. The van der Waals surface area contributed by atoms with E-state index in [-0.39, 0.29) is 5.91 Å². The van der Waals surface area contributed by atoms with E-state index in [2.05, 4.69) is 29.2 Å². The highest BCUT2D eigenvalue weighted by atomic mass is 16.1. The average molecular weight is 386 g/mol. The molecule has 0 unspecified atom stereocenters. The van der Waals surface area contributed by atoms with Crippen molar-refractivity contribution >= 4 is 23.0 Å². The lowest BCUT2D eigenvalue weighted by Crippen LogP contribution is -2.53. The van der Waals surface area contributed by atoms with Crippen molar-refractivity contribution in [2.45, 2.75) is 31.7 Å². The molecule has 1 aromatic rings. The first kappa shape index (κ1) is 20.7. The highest BCUT2D eigenvalue weighted by Gasteiger charge is 2.46. The van der Waals surface area contributed by atoms with E-state index in [9.17, 15) is 4.79 Å². The van der Waals surface area contributed by atoms with Crippen LogP contribution in [0.15, 0.2) is 30.4 Å². The highest BCUT2D eigenvalue weighted by molar-refractivity contribution is 6.02. The van der Waals surface area contributed by atoms with Gasteiger partial charge in [-0.15, -0.1) is 0 Å². The molecule has 0 radical (unpaired) electrons. The fourth-order valence-corrected chi connectivity index (χ4v) is 4.41. The molecule has 1 saturated heterocycles. The summed E-state index contributed by atoms with van der Waals surface area (Å²) in [4.78, 5) is 19.1. The number of rotatable bonds is 6. The summed E-state index contributed by atoms with van der Waals surface area (Å²) in [5.74, 6) is -0.116. The fourth-order valence-electron chi connectivity index (χ4n) is 4.41. The van der Waals surface area contributed by atoms with Crippen LogP contribution in [-0.4, -0.2) is 69.6 Å². The molecule has 1 heterocycles. The van der Waals surface area contributed by atoms with Gasteiger partial charge in [0.1, 0.15) is 0 Å². The van der Waals surface area contributed by atoms with Gasteiger partial charge in [0, 0.05) is 37.4 Å². The number of nitrogen functional groups attached to an aromatic ring is 1. The third-order valence-corrected chi connectivity index (χ3v) is 6.25. The van der Waals surface area contributed by atoms with Crippen molar-refractivity contribution in [2.24, 2.45) is 5.41 Å². The molecule has 3 N–H and O–H groups in total. The van der Waals surface area contributed by atoms with Crippen molar-refractivity contribution in [1.82, 2.24) is 9.80 Å². The summed E-state index contributed by atoms with van der Waals surface area (Å²) in [6, 6.07) is 6.56. The Balaban J connectivity index is 1.63. The number of piperidine rings is 1. The molecule has 28 heavy (non-hydrogen) atoms. The van der Waals surface area contributed by atoms with Crippen LogP contribution in [-0.2, 0) is 4.79 Å². The molecule has 1 spiro atoms. The van der Waals surface area contributed by atoms with Crippen molar-refractivity contribution in [3.05, 3.63) is 30.4 Å². The number of amides is 1. The molecule has 0 bridgehead atoms. The van der Waals surface area contributed by atoms with Gasteiger partial charge in [0.2, 0.25) is 5.91 Å². The maximum Gasteiger partial charge on any atom is 0.248 e. The van der Waals surface area contributed by atoms with E-state index in [0.717, 1.165) is 37.1 Å². The van der Waals surface area contributed by atoms with E-state index in [4.69, 9.17) is 5.73 Å². The van der Waals surface area contributed by atoms with Crippen molar-refractivity contribution in [2.75, 3.05) is 63.8 Å². The first-order chi connectivity index (χ1) is 13.3. The summed E-state index contributed by atoms with van der Waals surface area (Å²) in [7, 11) is 8.32. The van der Waals surface area contributed by atoms with Gasteiger partial charge >= 0.3 is 0 Å². The molecule has 1 saturated carbocycles. The van der Waals surface area contributed by atoms with Gasteiger partial charge in [0.25, 0.3) is 0 Å². The second kappa shape index (κ2) is 8.53. The van der Waals surface area contributed by atoms with Crippen LogP contribution in [0.5, 0.6) is 0 Å². The maximum atomic E-state index is 12.3. The van der Waals surface area contributed by atoms with Gasteiger partial charge in [-0.1, -0.05) is 6.08 Å². The number of likely N-dealkylation sites (N-methyl/N-ethyl adjacent to an activating group) is 1. The first-order valence-corrected chi connectivity index (χ1v) is 10.2. The average Bonchev–Trinajstić information content (AvgIpc) is 2.59. The molecular formula is C22H35N5O. The minimum Gasteiger partial charge on any atom is -0.399 e. The molecule has 1 aliphatic heterocycles. The number of carbonyl (C=O) groups is 1. The number of benzene rings is 1. The molecule has 6 nitrogen and oxygen atoms in total. The number of carbonyl (C=O) groups excluding carboxylic acids is 1. The normalized spacial score (nSPS) is 19.6. The molecule has 1 amide bonds. The molecule has 6 heteroatoms. The number of nitrogens with one attached hydrogen (secondary N) is 1. The van der Waals surface area contributed by atoms with Crippen LogP contribution in [0.4, 0.5) is 17.1 Å². The van der Waals surface area contributed by atoms with Gasteiger partial charge in [-0.3, -0.25) is 4.79 Å². The van der Waals surface area contributed by atoms with Crippen LogP contribution in [0.2, 0.25) is 0 Å². The Kier molecular flexibility index (Phi) is 6.30. The molecule has 2 aliphatic rings. The van der Waals surface area contributed by atoms with Gasteiger partial charge < -0.3 is 25.8 Å². The first-order valence-electron chi connectivity index (χ1n) is 10.2. The van der Waals surface area contributed by atoms with E-state index in [0.29, 0.717) is 11.1 Å². The van der Waals surface area contributed by atoms with E-state index in [1.807, 2.05) is 43.3 Å². The maximum absolute atomic E-state index is 12.3. The summed E-state index contributed by atoms with van der Waals surface area (Å²) in [5, 5.41) is 3.02. The lowest BCUT2D eigenvalue weighted by molar-refractivity contribution is -0.111. The van der Waals surface area contributed by atoms with E-state index < -0.39 is 0 Å². The van der Waals surface area contributed by atoms with Crippen molar-refractivity contribution in [3.63, 3.8) is 0 Å². The lowest BCUT2D eigenvalue weighted by atomic mass is 9.60. The lowest BCUT2D eigenvalue weighted by Gasteiger charge is -2.54. The Labute approximate surface area is 169 Å². The Morgan fingerprint density at radius 3 is 2.54 bits per heavy atom. The van der Waals surface area contributed by atoms with Crippen molar-refractivity contribution in [1.29, 1.82) is 0 Å². The van der Waals surface area contributed by atoms with Crippen LogP contribution in [0, 0.1) is 5.41 Å². The van der Waals surface area contributed by atoms with Gasteiger partial charge in [-0.25, -0.2) is 0 Å². The Hall–Kier alpha value is -2.05. The Bertz CT molecular complexity index is 712. The van der Waals surface area contributed by atoms with Crippen LogP contribution in [0.25, 0.3) is 0 Å². The van der Waals surface area contributed by atoms with Gasteiger partial charge in [0.15, 0.2) is 0 Å². The SMILES string of the molecule is CN(C)C/C=C/C(=O)Nc1cc(N)ccc1N1CCC2(CC1)CC(N(C)C)C2. The predicted molar refractivity (Wildman–Crippen MR) is 118 cm³/mol. The molecule has 1 aliphatic carbocycles. The van der Waals surface area contributed by atoms with Gasteiger partial charge in [0.05, 0.1) is 11.4 Å². The van der Waals surface area contributed by atoms with Crippen LogP contribution in [0.1, 0.15) is 25.7 Å². The summed E-state index contributed by atoms with van der Waals surface area (Å²) < 4.78 is 0. The second-order valence-electron chi connectivity index (χ2n) is 8.94. The second-order valence-corrected chi connectivity index (χ2v) is 8.94. The zero-order valence-corrected chi connectivity index (χ0v) is 17.7.